The molecule has 116 valence electrons. The van der Waals surface area contributed by atoms with Crippen LogP contribution in [0.2, 0.25) is 5.02 Å². The fourth-order valence-corrected chi connectivity index (χ4v) is 1.78. The summed E-state index contributed by atoms with van der Waals surface area (Å²) in [6.45, 7) is 8.44. The van der Waals surface area contributed by atoms with Gasteiger partial charge < -0.3 is 10.6 Å². The van der Waals surface area contributed by atoms with Gasteiger partial charge >= 0.3 is 0 Å². The Labute approximate surface area is 131 Å². The minimum atomic E-state index is -0.160. The SMILES string of the molecule is CC(C)CCNC(=O)c1ccc(Cl)c(NC(=O)C(C)C)c1. The van der Waals surface area contributed by atoms with Gasteiger partial charge in [0.2, 0.25) is 5.91 Å². The van der Waals surface area contributed by atoms with Crippen molar-refractivity contribution in [3.63, 3.8) is 0 Å². The maximum atomic E-state index is 12.0. The van der Waals surface area contributed by atoms with E-state index in [4.69, 9.17) is 11.6 Å². The molecule has 0 saturated heterocycles. The van der Waals surface area contributed by atoms with E-state index in [1.807, 2.05) is 0 Å². The van der Waals surface area contributed by atoms with Crippen molar-refractivity contribution >= 4 is 29.1 Å². The summed E-state index contributed by atoms with van der Waals surface area (Å²) in [6.07, 6.45) is 0.927. The van der Waals surface area contributed by atoms with Crippen molar-refractivity contribution in [2.75, 3.05) is 11.9 Å². The summed E-state index contributed by atoms with van der Waals surface area (Å²) >= 11 is 6.05. The molecule has 0 saturated carbocycles. The second kappa shape index (κ2) is 8.03. The Morgan fingerprint density at radius 3 is 2.43 bits per heavy atom. The highest BCUT2D eigenvalue weighted by Gasteiger charge is 2.12. The van der Waals surface area contributed by atoms with Crippen LogP contribution in [0.25, 0.3) is 0 Å². The second-order valence-corrected chi connectivity index (χ2v) is 6.18. The van der Waals surface area contributed by atoms with E-state index < -0.39 is 0 Å². The molecule has 4 nitrogen and oxygen atoms in total. The lowest BCUT2D eigenvalue weighted by atomic mass is 10.1. The Bertz CT molecular complexity index is 513. The number of benzene rings is 1. The van der Waals surface area contributed by atoms with Crippen LogP contribution in [0.3, 0.4) is 0 Å². The first-order chi connectivity index (χ1) is 9.81. The van der Waals surface area contributed by atoms with Crippen molar-refractivity contribution in [1.29, 1.82) is 0 Å². The topological polar surface area (TPSA) is 58.2 Å². The van der Waals surface area contributed by atoms with Crippen LogP contribution in [0.1, 0.15) is 44.5 Å². The molecular weight excluding hydrogens is 288 g/mol. The highest BCUT2D eigenvalue weighted by Crippen LogP contribution is 2.23. The Kier molecular flexibility index (Phi) is 6.69. The molecule has 0 radical (unpaired) electrons. The summed E-state index contributed by atoms with van der Waals surface area (Å²) in [4.78, 5) is 23.8. The largest absolute Gasteiger partial charge is 0.352 e. The number of hydrogen-bond acceptors (Lipinski definition) is 2. The summed E-state index contributed by atoms with van der Waals surface area (Å²) in [5.41, 5.74) is 0.953. The van der Waals surface area contributed by atoms with Gasteiger partial charge in [0.1, 0.15) is 0 Å². The zero-order chi connectivity index (χ0) is 16.0. The molecular formula is C16H23ClN2O2. The van der Waals surface area contributed by atoms with Gasteiger partial charge in [0.25, 0.3) is 5.91 Å². The molecule has 0 spiro atoms. The van der Waals surface area contributed by atoms with Crippen LogP contribution >= 0.6 is 11.6 Å². The van der Waals surface area contributed by atoms with Gasteiger partial charge in [-0.15, -0.1) is 0 Å². The van der Waals surface area contributed by atoms with Gasteiger partial charge in [-0.25, -0.2) is 0 Å². The molecule has 0 aliphatic rings. The van der Waals surface area contributed by atoms with Crippen molar-refractivity contribution in [3.8, 4) is 0 Å². The third-order valence-electron chi connectivity index (χ3n) is 3.02. The van der Waals surface area contributed by atoms with Crippen molar-refractivity contribution in [2.24, 2.45) is 11.8 Å². The number of carbonyl (C=O) groups is 2. The molecule has 21 heavy (non-hydrogen) atoms. The molecule has 0 aliphatic carbocycles. The molecule has 2 N–H and O–H groups in total. The van der Waals surface area contributed by atoms with Gasteiger partial charge in [-0.2, -0.15) is 0 Å². The number of rotatable bonds is 6. The van der Waals surface area contributed by atoms with Gasteiger partial charge in [-0.3, -0.25) is 9.59 Å². The molecule has 0 aliphatic heterocycles. The van der Waals surface area contributed by atoms with Crippen LogP contribution in [-0.2, 0) is 4.79 Å². The lowest BCUT2D eigenvalue weighted by Gasteiger charge is -2.12. The van der Waals surface area contributed by atoms with E-state index in [2.05, 4.69) is 24.5 Å². The monoisotopic (exact) mass is 310 g/mol. The van der Waals surface area contributed by atoms with E-state index >= 15 is 0 Å². The van der Waals surface area contributed by atoms with E-state index in [0.717, 1.165) is 6.42 Å². The van der Waals surface area contributed by atoms with Gasteiger partial charge in [0.05, 0.1) is 10.7 Å². The van der Waals surface area contributed by atoms with Crippen molar-refractivity contribution in [3.05, 3.63) is 28.8 Å². The summed E-state index contributed by atoms with van der Waals surface area (Å²) in [5, 5.41) is 6.01. The van der Waals surface area contributed by atoms with Crippen LogP contribution in [0.5, 0.6) is 0 Å². The first-order valence-electron chi connectivity index (χ1n) is 7.20. The molecule has 0 unspecified atom stereocenters. The average Bonchev–Trinajstić information content (AvgIpc) is 2.40. The standard InChI is InChI=1S/C16H23ClN2O2/c1-10(2)7-8-18-16(21)12-5-6-13(17)14(9-12)19-15(20)11(3)4/h5-6,9-11H,7-8H2,1-4H3,(H,18,21)(H,19,20). The van der Waals surface area contributed by atoms with Gasteiger partial charge in [0.15, 0.2) is 0 Å². The Hall–Kier alpha value is -1.55. The van der Waals surface area contributed by atoms with Gasteiger partial charge in [0, 0.05) is 18.0 Å². The molecule has 0 atom stereocenters. The number of amides is 2. The smallest absolute Gasteiger partial charge is 0.251 e. The van der Waals surface area contributed by atoms with E-state index in [0.29, 0.717) is 28.7 Å². The number of carbonyl (C=O) groups excluding carboxylic acids is 2. The number of anilines is 1. The zero-order valence-electron chi connectivity index (χ0n) is 13.0. The molecule has 0 bridgehead atoms. The van der Waals surface area contributed by atoms with E-state index in [-0.39, 0.29) is 17.7 Å². The lowest BCUT2D eigenvalue weighted by molar-refractivity contribution is -0.118. The molecule has 1 aromatic carbocycles. The van der Waals surface area contributed by atoms with E-state index in [1.165, 1.54) is 0 Å². The fraction of sp³-hybridized carbons (Fsp3) is 0.500. The van der Waals surface area contributed by atoms with Crippen molar-refractivity contribution in [1.82, 2.24) is 5.32 Å². The van der Waals surface area contributed by atoms with Crippen LogP contribution in [-0.4, -0.2) is 18.4 Å². The Balaban J connectivity index is 2.76. The first kappa shape index (κ1) is 17.5. The summed E-state index contributed by atoms with van der Waals surface area (Å²) in [6, 6.07) is 4.88. The van der Waals surface area contributed by atoms with Crippen LogP contribution in [0, 0.1) is 11.8 Å². The fourth-order valence-electron chi connectivity index (χ4n) is 1.62. The number of halogens is 1. The minimum absolute atomic E-state index is 0.130. The first-order valence-corrected chi connectivity index (χ1v) is 7.57. The summed E-state index contributed by atoms with van der Waals surface area (Å²) in [7, 11) is 0. The molecule has 1 rings (SSSR count). The lowest BCUT2D eigenvalue weighted by Crippen LogP contribution is -2.25. The average molecular weight is 311 g/mol. The molecule has 2 amide bonds. The van der Waals surface area contributed by atoms with Crippen LogP contribution in [0.4, 0.5) is 5.69 Å². The third-order valence-corrected chi connectivity index (χ3v) is 3.35. The third kappa shape index (κ3) is 5.76. The molecule has 0 heterocycles. The number of nitrogens with one attached hydrogen (secondary N) is 2. The quantitative estimate of drug-likeness (QED) is 0.841. The predicted molar refractivity (Wildman–Crippen MR) is 86.7 cm³/mol. The summed E-state index contributed by atoms with van der Waals surface area (Å²) in [5.74, 6) is 0.0997. The maximum absolute atomic E-state index is 12.0. The van der Waals surface area contributed by atoms with Gasteiger partial charge in [-0.1, -0.05) is 39.3 Å². The molecule has 0 fully saturated rings. The second-order valence-electron chi connectivity index (χ2n) is 5.78. The van der Waals surface area contributed by atoms with E-state index in [9.17, 15) is 9.59 Å². The molecule has 1 aromatic rings. The van der Waals surface area contributed by atoms with Crippen LogP contribution < -0.4 is 10.6 Å². The zero-order valence-corrected chi connectivity index (χ0v) is 13.8. The highest BCUT2D eigenvalue weighted by atomic mass is 35.5. The highest BCUT2D eigenvalue weighted by molar-refractivity contribution is 6.33. The van der Waals surface area contributed by atoms with Crippen molar-refractivity contribution < 1.29 is 9.59 Å². The molecule has 0 aromatic heterocycles. The van der Waals surface area contributed by atoms with E-state index in [1.54, 1.807) is 32.0 Å². The normalized spacial score (nSPS) is 10.8. The number of hydrogen-bond donors (Lipinski definition) is 2. The van der Waals surface area contributed by atoms with Crippen LogP contribution in [0.15, 0.2) is 18.2 Å². The Morgan fingerprint density at radius 1 is 1.19 bits per heavy atom. The van der Waals surface area contributed by atoms with Crippen molar-refractivity contribution in [2.45, 2.75) is 34.1 Å². The molecule has 5 heteroatoms. The minimum Gasteiger partial charge on any atom is -0.352 e. The maximum Gasteiger partial charge on any atom is 0.251 e. The summed E-state index contributed by atoms with van der Waals surface area (Å²) < 4.78 is 0. The van der Waals surface area contributed by atoms with Gasteiger partial charge in [-0.05, 0) is 30.5 Å². The predicted octanol–water partition coefficient (Wildman–Crippen LogP) is 3.71. The Morgan fingerprint density at radius 2 is 1.86 bits per heavy atom.